The van der Waals surface area contributed by atoms with Crippen LogP contribution in [0, 0.1) is 5.82 Å². The number of fused-ring (bicyclic) bond motifs is 1. The van der Waals surface area contributed by atoms with Crippen molar-refractivity contribution in [1.82, 2.24) is 5.32 Å². The van der Waals surface area contributed by atoms with E-state index in [1.807, 2.05) is 18.2 Å². The Morgan fingerprint density at radius 3 is 3.00 bits per heavy atom. The predicted octanol–water partition coefficient (Wildman–Crippen LogP) is 3.81. The molecule has 2 aromatic carbocycles. The number of methoxy groups -OCH3 is 1. The van der Waals surface area contributed by atoms with Gasteiger partial charge in [0.25, 0.3) is 0 Å². The number of benzene rings is 2. The minimum Gasteiger partial charge on any atom is -0.505 e. The number of halogens is 2. The third-order valence-corrected chi connectivity index (χ3v) is 4.12. The van der Waals surface area contributed by atoms with Gasteiger partial charge in [0.1, 0.15) is 11.5 Å². The molecule has 1 heterocycles. The summed E-state index contributed by atoms with van der Waals surface area (Å²) in [5.41, 5.74) is 1.44. The van der Waals surface area contributed by atoms with Crippen molar-refractivity contribution in [3.8, 4) is 17.2 Å². The van der Waals surface area contributed by atoms with Gasteiger partial charge in [-0.05, 0) is 18.2 Å². The third-order valence-electron chi connectivity index (χ3n) is 3.91. The molecule has 0 amide bonds. The van der Waals surface area contributed by atoms with Crippen LogP contribution in [0.2, 0.25) is 5.02 Å². The first-order valence-corrected chi connectivity index (χ1v) is 7.67. The summed E-state index contributed by atoms with van der Waals surface area (Å²) in [6.45, 7) is 0.882. The Labute approximate surface area is 138 Å². The molecule has 1 aliphatic rings. The van der Waals surface area contributed by atoms with Gasteiger partial charge >= 0.3 is 0 Å². The van der Waals surface area contributed by atoms with Crippen LogP contribution in [0.4, 0.5) is 4.39 Å². The van der Waals surface area contributed by atoms with Gasteiger partial charge in [-0.2, -0.15) is 0 Å². The highest BCUT2D eigenvalue weighted by Crippen LogP contribution is 2.35. The van der Waals surface area contributed by atoms with Crippen molar-refractivity contribution < 1.29 is 19.0 Å². The molecule has 122 valence electrons. The topological polar surface area (TPSA) is 50.7 Å². The van der Waals surface area contributed by atoms with Crippen LogP contribution < -0.4 is 14.8 Å². The SMILES string of the molecule is COc1ccc2c(c1)OCCC2NCc1cc(Cl)cc(F)c1O. The number of hydrogen-bond acceptors (Lipinski definition) is 4. The second kappa shape index (κ2) is 6.64. The van der Waals surface area contributed by atoms with Crippen molar-refractivity contribution in [2.24, 2.45) is 0 Å². The largest absolute Gasteiger partial charge is 0.505 e. The lowest BCUT2D eigenvalue weighted by Crippen LogP contribution is -2.26. The van der Waals surface area contributed by atoms with Gasteiger partial charge in [-0.1, -0.05) is 17.7 Å². The predicted molar refractivity (Wildman–Crippen MR) is 85.8 cm³/mol. The second-order valence-corrected chi connectivity index (χ2v) is 5.81. The second-order valence-electron chi connectivity index (χ2n) is 5.37. The molecule has 4 nitrogen and oxygen atoms in total. The maximum absolute atomic E-state index is 13.5. The van der Waals surface area contributed by atoms with E-state index in [1.54, 1.807) is 13.2 Å². The van der Waals surface area contributed by atoms with Crippen molar-refractivity contribution in [1.29, 1.82) is 0 Å². The molecule has 1 unspecified atom stereocenters. The Bertz CT molecular complexity index is 723. The van der Waals surface area contributed by atoms with Crippen LogP contribution in [-0.4, -0.2) is 18.8 Å². The number of rotatable bonds is 4. The lowest BCUT2D eigenvalue weighted by molar-refractivity contribution is 0.250. The summed E-state index contributed by atoms with van der Waals surface area (Å²) in [5.74, 6) is 0.420. The van der Waals surface area contributed by atoms with E-state index in [0.717, 1.165) is 29.5 Å². The quantitative estimate of drug-likeness (QED) is 0.891. The summed E-state index contributed by atoms with van der Waals surface area (Å²) in [4.78, 5) is 0. The van der Waals surface area contributed by atoms with Gasteiger partial charge in [0.2, 0.25) is 0 Å². The standard InChI is InChI=1S/C17H17ClFNO3/c1-22-12-2-3-13-15(4-5-23-16(13)8-12)20-9-10-6-11(18)7-14(19)17(10)21/h2-3,6-8,15,20-21H,4-5,9H2,1H3. The summed E-state index contributed by atoms with van der Waals surface area (Å²) in [7, 11) is 1.61. The van der Waals surface area contributed by atoms with E-state index in [1.165, 1.54) is 0 Å². The van der Waals surface area contributed by atoms with Crippen molar-refractivity contribution in [3.63, 3.8) is 0 Å². The minimum atomic E-state index is -0.716. The van der Waals surface area contributed by atoms with Crippen LogP contribution in [-0.2, 0) is 6.54 Å². The van der Waals surface area contributed by atoms with Gasteiger partial charge in [-0.25, -0.2) is 4.39 Å². The van der Waals surface area contributed by atoms with E-state index in [2.05, 4.69) is 5.32 Å². The highest BCUT2D eigenvalue weighted by atomic mass is 35.5. The van der Waals surface area contributed by atoms with E-state index >= 15 is 0 Å². The number of aromatic hydroxyl groups is 1. The summed E-state index contributed by atoms with van der Waals surface area (Å²) in [6.07, 6.45) is 0.781. The number of phenols is 1. The molecule has 6 heteroatoms. The molecule has 3 rings (SSSR count). The number of hydrogen-bond donors (Lipinski definition) is 2. The lowest BCUT2D eigenvalue weighted by atomic mass is 10.00. The summed E-state index contributed by atoms with van der Waals surface area (Å²) < 4.78 is 24.4. The average Bonchev–Trinajstić information content (AvgIpc) is 2.56. The van der Waals surface area contributed by atoms with Crippen molar-refractivity contribution >= 4 is 11.6 Å². The molecule has 23 heavy (non-hydrogen) atoms. The maximum atomic E-state index is 13.5. The fourth-order valence-corrected chi connectivity index (χ4v) is 2.92. The summed E-state index contributed by atoms with van der Waals surface area (Å²) >= 11 is 5.85. The molecule has 0 fully saturated rings. The Morgan fingerprint density at radius 2 is 2.22 bits per heavy atom. The van der Waals surface area contributed by atoms with Crippen LogP contribution in [0.15, 0.2) is 30.3 Å². The first kappa shape index (κ1) is 15.9. The molecule has 0 aliphatic carbocycles. The van der Waals surface area contributed by atoms with Gasteiger partial charge < -0.3 is 19.9 Å². The lowest BCUT2D eigenvalue weighted by Gasteiger charge is -2.27. The number of ether oxygens (including phenoxy) is 2. The summed E-state index contributed by atoms with van der Waals surface area (Å²) in [5, 5.41) is 13.4. The van der Waals surface area contributed by atoms with Gasteiger partial charge in [0, 0.05) is 41.2 Å². The first-order valence-electron chi connectivity index (χ1n) is 7.29. The minimum absolute atomic E-state index is 0.0473. The van der Waals surface area contributed by atoms with Gasteiger partial charge in [0.15, 0.2) is 11.6 Å². The monoisotopic (exact) mass is 337 g/mol. The fraction of sp³-hybridized carbons (Fsp3) is 0.294. The van der Waals surface area contributed by atoms with Crippen LogP contribution in [0.3, 0.4) is 0 Å². The Balaban J connectivity index is 1.78. The zero-order valence-corrected chi connectivity index (χ0v) is 13.4. The molecule has 0 spiro atoms. The normalized spacial score (nSPS) is 16.6. The Kier molecular flexibility index (Phi) is 4.59. The number of phenolic OH excluding ortho intramolecular Hbond substituents is 1. The van der Waals surface area contributed by atoms with Crippen LogP contribution in [0.25, 0.3) is 0 Å². The van der Waals surface area contributed by atoms with Crippen molar-refractivity contribution in [3.05, 3.63) is 52.3 Å². The van der Waals surface area contributed by atoms with Crippen molar-refractivity contribution in [2.75, 3.05) is 13.7 Å². The number of nitrogens with one attached hydrogen (secondary N) is 1. The van der Waals surface area contributed by atoms with E-state index < -0.39 is 5.82 Å². The van der Waals surface area contributed by atoms with E-state index in [-0.39, 0.29) is 16.8 Å². The van der Waals surface area contributed by atoms with E-state index in [0.29, 0.717) is 18.7 Å². The highest BCUT2D eigenvalue weighted by Gasteiger charge is 2.22. The average molecular weight is 338 g/mol. The highest BCUT2D eigenvalue weighted by molar-refractivity contribution is 6.30. The molecular weight excluding hydrogens is 321 g/mol. The van der Waals surface area contributed by atoms with Crippen LogP contribution >= 0.6 is 11.6 Å². The zero-order chi connectivity index (χ0) is 16.4. The molecule has 0 saturated heterocycles. The van der Waals surface area contributed by atoms with Gasteiger partial charge in [0.05, 0.1) is 13.7 Å². The fourth-order valence-electron chi connectivity index (χ4n) is 2.70. The maximum Gasteiger partial charge on any atom is 0.166 e. The van der Waals surface area contributed by atoms with Gasteiger partial charge in [-0.3, -0.25) is 0 Å². The van der Waals surface area contributed by atoms with Crippen LogP contribution in [0.5, 0.6) is 17.2 Å². The molecule has 2 N–H and O–H groups in total. The molecule has 0 saturated carbocycles. The van der Waals surface area contributed by atoms with Crippen molar-refractivity contribution in [2.45, 2.75) is 19.0 Å². The van der Waals surface area contributed by atoms with E-state index in [9.17, 15) is 9.50 Å². The molecule has 0 radical (unpaired) electrons. The summed E-state index contributed by atoms with van der Waals surface area (Å²) in [6, 6.07) is 8.37. The van der Waals surface area contributed by atoms with Gasteiger partial charge in [-0.15, -0.1) is 0 Å². The molecule has 1 atom stereocenters. The van der Waals surface area contributed by atoms with E-state index in [4.69, 9.17) is 21.1 Å². The Hall–Kier alpha value is -1.98. The zero-order valence-electron chi connectivity index (χ0n) is 12.6. The third kappa shape index (κ3) is 3.35. The molecule has 0 aromatic heterocycles. The molecule has 2 aromatic rings. The molecular formula is C17H17ClFNO3. The smallest absolute Gasteiger partial charge is 0.166 e. The van der Waals surface area contributed by atoms with Crippen LogP contribution in [0.1, 0.15) is 23.6 Å². The first-order chi connectivity index (χ1) is 11.1. The molecule has 1 aliphatic heterocycles. The molecule has 0 bridgehead atoms. The Morgan fingerprint density at radius 1 is 1.39 bits per heavy atom.